The van der Waals surface area contributed by atoms with E-state index in [1.807, 2.05) is 7.05 Å². The van der Waals surface area contributed by atoms with Crippen molar-refractivity contribution in [3.63, 3.8) is 0 Å². The predicted octanol–water partition coefficient (Wildman–Crippen LogP) is 2.48. The van der Waals surface area contributed by atoms with E-state index < -0.39 is 0 Å². The lowest BCUT2D eigenvalue weighted by molar-refractivity contribution is 0.498. The number of fused-ring (bicyclic) bond motifs is 1. The molecule has 0 amide bonds. The third-order valence-corrected chi connectivity index (χ3v) is 3.90. The number of likely N-dealkylation sites (N-methyl/N-ethyl adjacent to an activating group) is 1. The Kier molecular flexibility index (Phi) is 2.40. The van der Waals surface area contributed by atoms with Crippen LogP contribution in [0.4, 0.5) is 0 Å². The maximum Gasteiger partial charge on any atom is 0.0963 e. The van der Waals surface area contributed by atoms with Crippen LogP contribution in [-0.2, 0) is 12.8 Å². The molecule has 0 aliphatic heterocycles. The van der Waals surface area contributed by atoms with Crippen LogP contribution in [0.3, 0.4) is 0 Å². The molecule has 1 heterocycles. The van der Waals surface area contributed by atoms with Crippen LogP contribution in [0, 0.1) is 0 Å². The molecule has 0 bridgehead atoms. The zero-order valence-electron chi connectivity index (χ0n) is 7.06. The molecule has 66 valence electrons. The predicted molar refractivity (Wildman–Crippen MR) is 54.2 cm³/mol. The minimum atomic E-state index is 0.629. The minimum Gasteiger partial charge on any atom is -0.317 e. The summed E-state index contributed by atoms with van der Waals surface area (Å²) < 4.78 is 0.991. The van der Waals surface area contributed by atoms with Gasteiger partial charge in [0.25, 0.3) is 0 Å². The molecule has 1 aromatic heterocycles. The number of hydrogen-bond donors (Lipinski definition) is 1. The summed E-state index contributed by atoms with van der Waals surface area (Å²) in [6.45, 7) is 0. The van der Waals surface area contributed by atoms with Gasteiger partial charge in [-0.25, -0.2) is 0 Å². The molecular weight excluding hydrogens is 190 g/mol. The van der Waals surface area contributed by atoms with Crippen LogP contribution >= 0.6 is 22.9 Å². The van der Waals surface area contributed by atoms with E-state index in [0.29, 0.717) is 6.04 Å². The molecule has 0 spiro atoms. The molecular formula is C9H12ClNS. The van der Waals surface area contributed by atoms with E-state index in [2.05, 4.69) is 10.7 Å². The summed E-state index contributed by atoms with van der Waals surface area (Å²) >= 11 is 7.74. The largest absolute Gasteiger partial charge is 0.317 e. The molecule has 3 heteroatoms. The summed E-state index contributed by atoms with van der Waals surface area (Å²) in [7, 11) is 2.02. The zero-order chi connectivity index (χ0) is 8.55. The van der Waals surface area contributed by atoms with Crippen molar-refractivity contribution in [3.05, 3.63) is 20.8 Å². The van der Waals surface area contributed by atoms with Gasteiger partial charge >= 0.3 is 0 Å². The van der Waals surface area contributed by atoms with Crippen molar-refractivity contribution in [2.75, 3.05) is 7.05 Å². The highest BCUT2D eigenvalue weighted by Crippen LogP contribution is 2.33. The molecule has 0 saturated heterocycles. The summed E-state index contributed by atoms with van der Waals surface area (Å²) in [5.41, 5.74) is 2.85. The van der Waals surface area contributed by atoms with E-state index in [-0.39, 0.29) is 0 Å². The Bertz CT molecular complexity index is 282. The summed E-state index contributed by atoms with van der Waals surface area (Å²) in [4.78, 5) is 0. The molecule has 1 aliphatic rings. The summed E-state index contributed by atoms with van der Waals surface area (Å²) in [5.74, 6) is 0. The van der Waals surface area contributed by atoms with Crippen LogP contribution in [-0.4, -0.2) is 13.1 Å². The molecule has 1 aliphatic carbocycles. The number of nitrogens with one attached hydrogen (secondary N) is 1. The standard InChI is InChI=1S/C9H12ClNS/c1-11-7-3-2-6-5-12-9(10)8(6)4-7/h5,7,11H,2-4H2,1H3. The van der Waals surface area contributed by atoms with Gasteiger partial charge in [-0.05, 0) is 42.8 Å². The number of thiophene rings is 1. The molecule has 2 rings (SSSR count). The fraction of sp³-hybridized carbons (Fsp3) is 0.556. The lowest BCUT2D eigenvalue weighted by atomic mass is 9.92. The van der Waals surface area contributed by atoms with E-state index in [4.69, 9.17) is 11.6 Å². The van der Waals surface area contributed by atoms with Crippen molar-refractivity contribution in [2.45, 2.75) is 25.3 Å². The van der Waals surface area contributed by atoms with Crippen molar-refractivity contribution in [1.29, 1.82) is 0 Å². The first kappa shape index (κ1) is 8.54. The first-order valence-corrected chi connectivity index (χ1v) is 5.49. The lowest BCUT2D eigenvalue weighted by Crippen LogP contribution is -2.31. The van der Waals surface area contributed by atoms with Crippen LogP contribution < -0.4 is 5.32 Å². The van der Waals surface area contributed by atoms with E-state index in [9.17, 15) is 0 Å². The second-order valence-corrected chi connectivity index (χ2v) is 4.72. The summed E-state index contributed by atoms with van der Waals surface area (Å²) in [5, 5.41) is 5.51. The van der Waals surface area contributed by atoms with E-state index in [1.165, 1.54) is 24.0 Å². The maximum atomic E-state index is 6.07. The highest BCUT2D eigenvalue weighted by molar-refractivity contribution is 7.14. The second kappa shape index (κ2) is 3.36. The van der Waals surface area contributed by atoms with Crippen LogP contribution in [0.15, 0.2) is 5.38 Å². The monoisotopic (exact) mass is 201 g/mol. The Morgan fingerprint density at radius 1 is 1.67 bits per heavy atom. The first-order chi connectivity index (χ1) is 5.81. The van der Waals surface area contributed by atoms with E-state index in [0.717, 1.165) is 10.8 Å². The third-order valence-electron chi connectivity index (χ3n) is 2.55. The highest BCUT2D eigenvalue weighted by Gasteiger charge is 2.20. The fourth-order valence-corrected chi connectivity index (χ4v) is 2.93. The molecule has 1 nitrogen and oxygen atoms in total. The zero-order valence-corrected chi connectivity index (χ0v) is 8.63. The molecule has 1 unspecified atom stereocenters. The van der Waals surface area contributed by atoms with E-state index >= 15 is 0 Å². The molecule has 0 aromatic carbocycles. The van der Waals surface area contributed by atoms with Gasteiger partial charge in [0.15, 0.2) is 0 Å². The van der Waals surface area contributed by atoms with Gasteiger partial charge in [-0.3, -0.25) is 0 Å². The molecule has 0 saturated carbocycles. The first-order valence-electron chi connectivity index (χ1n) is 4.23. The number of halogens is 1. The Hall–Kier alpha value is -0.0500. The number of rotatable bonds is 1. The van der Waals surface area contributed by atoms with Crippen LogP contribution in [0.1, 0.15) is 17.5 Å². The Labute approximate surface area is 81.7 Å². The average Bonchev–Trinajstić information content (AvgIpc) is 2.47. The number of aryl methyl sites for hydroxylation is 1. The highest BCUT2D eigenvalue weighted by atomic mass is 35.5. The normalized spacial score (nSPS) is 22.3. The van der Waals surface area contributed by atoms with Gasteiger partial charge in [0.05, 0.1) is 4.34 Å². The van der Waals surface area contributed by atoms with Gasteiger partial charge in [-0.1, -0.05) is 11.6 Å². The van der Waals surface area contributed by atoms with Gasteiger partial charge < -0.3 is 5.32 Å². The van der Waals surface area contributed by atoms with Crippen molar-refractivity contribution in [3.8, 4) is 0 Å². The molecule has 1 aromatic rings. The van der Waals surface area contributed by atoms with Crippen LogP contribution in [0.5, 0.6) is 0 Å². The SMILES string of the molecule is CNC1CCc2csc(Cl)c2C1. The summed E-state index contributed by atoms with van der Waals surface area (Å²) in [6, 6.07) is 0.629. The molecule has 0 fully saturated rings. The fourth-order valence-electron chi connectivity index (χ4n) is 1.74. The Morgan fingerprint density at radius 2 is 2.50 bits per heavy atom. The molecule has 0 radical (unpaired) electrons. The second-order valence-electron chi connectivity index (χ2n) is 3.24. The molecule has 1 N–H and O–H groups in total. The van der Waals surface area contributed by atoms with Crippen molar-refractivity contribution in [2.24, 2.45) is 0 Å². The van der Waals surface area contributed by atoms with Crippen molar-refractivity contribution < 1.29 is 0 Å². The van der Waals surface area contributed by atoms with Crippen molar-refractivity contribution >= 4 is 22.9 Å². The maximum absolute atomic E-state index is 6.07. The molecule has 1 atom stereocenters. The Morgan fingerprint density at radius 3 is 3.25 bits per heavy atom. The smallest absolute Gasteiger partial charge is 0.0963 e. The van der Waals surface area contributed by atoms with Gasteiger partial charge in [-0.2, -0.15) is 0 Å². The van der Waals surface area contributed by atoms with Gasteiger partial charge in [0.2, 0.25) is 0 Å². The minimum absolute atomic E-state index is 0.629. The van der Waals surface area contributed by atoms with E-state index in [1.54, 1.807) is 11.3 Å². The van der Waals surface area contributed by atoms with Gasteiger partial charge in [-0.15, -0.1) is 11.3 Å². The quantitative estimate of drug-likeness (QED) is 0.736. The lowest BCUT2D eigenvalue weighted by Gasteiger charge is -2.21. The van der Waals surface area contributed by atoms with Crippen LogP contribution in [0.25, 0.3) is 0 Å². The van der Waals surface area contributed by atoms with Gasteiger partial charge in [0.1, 0.15) is 0 Å². The number of hydrogen-bond acceptors (Lipinski definition) is 2. The average molecular weight is 202 g/mol. The Balaban J connectivity index is 2.26. The summed E-state index contributed by atoms with van der Waals surface area (Å²) in [6.07, 6.45) is 3.54. The van der Waals surface area contributed by atoms with Crippen molar-refractivity contribution in [1.82, 2.24) is 5.32 Å². The topological polar surface area (TPSA) is 12.0 Å². The third kappa shape index (κ3) is 1.39. The molecule has 12 heavy (non-hydrogen) atoms. The van der Waals surface area contributed by atoms with Crippen LogP contribution in [0.2, 0.25) is 4.34 Å². The van der Waals surface area contributed by atoms with Gasteiger partial charge in [0, 0.05) is 6.04 Å².